The van der Waals surface area contributed by atoms with E-state index in [1.807, 2.05) is 13.8 Å². The molecule has 0 fully saturated rings. The number of aryl methyl sites for hydroxylation is 1. The molecule has 17 heavy (non-hydrogen) atoms. The Bertz CT molecular complexity index is 541. The maximum atomic E-state index is 11.9. The van der Waals surface area contributed by atoms with Crippen molar-refractivity contribution in [3.8, 4) is 0 Å². The van der Waals surface area contributed by atoms with E-state index >= 15 is 0 Å². The highest BCUT2D eigenvalue weighted by atomic mass is 32.1. The molecule has 2 aromatic rings. The van der Waals surface area contributed by atoms with Gasteiger partial charge in [-0.3, -0.25) is 9.13 Å². The standard InChI is InChI=1S/C10H15N5OS/c1-3-11-9-8(12-13-17-9)7-15-6-5-14(4-2)10(15)16/h5-6,11H,3-4,7H2,1-2H3. The molecule has 1 N–H and O–H groups in total. The molecule has 92 valence electrons. The minimum absolute atomic E-state index is 0.0112. The average molecular weight is 253 g/mol. The van der Waals surface area contributed by atoms with Gasteiger partial charge < -0.3 is 5.32 Å². The molecule has 7 heteroatoms. The van der Waals surface area contributed by atoms with Gasteiger partial charge in [0.1, 0.15) is 10.7 Å². The van der Waals surface area contributed by atoms with Crippen molar-refractivity contribution in [3.05, 3.63) is 28.6 Å². The third kappa shape index (κ3) is 2.38. The summed E-state index contributed by atoms with van der Waals surface area (Å²) in [7, 11) is 0. The lowest BCUT2D eigenvalue weighted by Crippen LogP contribution is -2.24. The zero-order valence-electron chi connectivity index (χ0n) is 9.88. The average Bonchev–Trinajstić information content (AvgIpc) is 2.89. The first-order chi connectivity index (χ1) is 8.26. The predicted octanol–water partition coefficient (Wildman–Crippen LogP) is 1.00. The highest BCUT2D eigenvalue weighted by molar-refractivity contribution is 7.10. The van der Waals surface area contributed by atoms with Crippen molar-refractivity contribution in [2.24, 2.45) is 0 Å². The first kappa shape index (κ1) is 11.8. The quantitative estimate of drug-likeness (QED) is 0.863. The number of rotatable bonds is 5. The molecule has 0 aliphatic heterocycles. The SMILES string of the molecule is CCNc1snnc1Cn1ccn(CC)c1=O. The van der Waals surface area contributed by atoms with E-state index in [0.29, 0.717) is 13.1 Å². The summed E-state index contributed by atoms with van der Waals surface area (Å²) in [5.41, 5.74) is 0.802. The van der Waals surface area contributed by atoms with Crippen LogP contribution in [0.2, 0.25) is 0 Å². The Kier molecular flexibility index (Phi) is 3.58. The van der Waals surface area contributed by atoms with Crippen LogP contribution in [0, 0.1) is 0 Å². The minimum Gasteiger partial charge on any atom is -0.374 e. The van der Waals surface area contributed by atoms with Gasteiger partial charge in [-0.05, 0) is 13.8 Å². The molecule has 0 aromatic carbocycles. The van der Waals surface area contributed by atoms with Crippen LogP contribution >= 0.6 is 11.5 Å². The summed E-state index contributed by atoms with van der Waals surface area (Å²) in [4.78, 5) is 11.9. The molecule has 0 atom stereocenters. The van der Waals surface area contributed by atoms with Gasteiger partial charge in [-0.15, -0.1) is 5.10 Å². The van der Waals surface area contributed by atoms with Crippen LogP contribution in [0.5, 0.6) is 0 Å². The second-order valence-electron chi connectivity index (χ2n) is 3.57. The molecular formula is C10H15N5OS. The van der Waals surface area contributed by atoms with Gasteiger partial charge in [0.2, 0.25) is 0 Å². The van der Waals surface area contributed by atoms with Crippen LogP contribution in [0.3, 0.4) is 0 Å². The third-order valence-corrected chi connectivity index (χ3v) is 3.20. The van der Waals surface area contributed by atoms with Gasteiger partial charge in [-0.25, -0.2) is 4.79 Å². The number of imidazole rings is 1. The molecule has 0 saturated carbocycles. The largest absolute Gasteiger partial charge is 0.374 e. The Morgan fingerprint density at radius 2 is 2.12 bits per heavy atom. The Labute approximate surface area is 103 Å². The summed E-state index contributed by atoms with van der Waals surface area (Å²) >= 11 is 1.32. The van der Waals surface area contributed by atoms with E-state index in [-0.39, 0.29) is 5.69 Å². The first-order valence-corrected chi connectivity index (χ1v) is 6.34. The lowest BCUT2D eigenvalue weighted by atomic mass is 10.4. The van der Waals surface area contributed by atoms with Crippen molar-refractivity contribution in [2.45, 2.75) is 26.9 Å². The van der Waals surface area contributed by atoms with Gasteiger partial charge in [-0.1, -0.05) is 4.49 Å². The minimum atomic E-state index is -0.0112. The normalized spacial score (nSPS) is 10.7. The van der Waals surface area contributed by atoms with Crippen LogP contribution in [0.15, 0.2) is 17.2 Å². The predicted molar refractivity (Wildman–Crippen MR) is 67.5 cm³/mol. The molecular weight excluding hydrogens is 238 g/mol. The molecule has 0 unspecified atom stereocenters. The second-order valence-corrected chi connectivity index (χ2v) is 4.33. The van der Waals surface area contributed by atoms with Gasteiger partial charge in [0.15, 0.2) is 0 Å². The van der Waals surface area contributed by atoms with E-state index in [1.54, 1.807) is 21.5 Å². The van der Waals surface area contributed by atoms with E-state index in [2.05, 4.69) is 14.9 Å². The van der Waals surface area contributed by atoms with Gasteiger partial charge in [0.25, 0.3) is 0 Å². The van der Waals surface area contributed by atoms with Crippen molar-refractivity contribution < 1.29 is 0 Å². The summed E-state index contributed by atoms with van der Waals surface area (Å²) in [5.74, 6) is 0. The molecule has 0 radical (unpaired) electrons. The molecule has 2 heterocycles. The smallest absolute Gasteiger partial charge is 0.328 e. The summed E-state index contributed by atoms with van der Waals surface area (Å²) < 4.78 is 7.20. The zero-order chi connectivity index (χ0) is 12.3. The molecule has 0 aliphatic carbocycles. The van der Waals surface area contributed by atoms with Gasteiger partial charge in [0, 0.05) is 37.0 Å². The number of anilines is 1. The maximum Gasteiger partial charge on any atom is 0.328 e. The molecule has 0 bridgehead atoms. The number of nitrogens with zero attached hydrogens (tertiary/aromatic N) is 4. The molecule has 0 saturated heterocycles. The van der Waals surface area contributed by atoms with E-state index < -0.39 is 0 Å². The van der Waals surface area contributed by atoms with Gasteiger partial charge in [0.05, 0.1) is 6.54 Å². The lowest BCUT2D eigenvalue weighted by molar-refractivity contribution is 0.661. The Balaban J connectivity index is 2.22. The fourth-order valence-corrected chi connectivity index (χ4v) is 2.22. The number of hydrogen-bond acceptors (Lipinski definition) is 5. The van der Waals surface area contributed by atoms with Crippen LogP contribution in [-0.2, 0) is 13.1 Å². The maximum absolute atomic E-state index is 11.9. The van der Waals surface area contributed by atoms with Crippen molar-refractivity contribution in [3.63, 3.8) is 0 Å². The fourth-order valence-electron chi connectivity index (χ4n) is 1.58. The summed E-state index contributed by atoms with van der Waals surface area (Å²) in [5, 5.41) is 8.17. The molecule has 2 rings (SSSR count). The summed E-state index contributed by atoms with van der Waals surface area (Å²) in [6, 6.07) is 0. The Hall–Kier alpha value is -1.63. The molecule has 6 nitrogen and oxygen atoms in total. The number of aromatic nitrogens is 4. The summed E-state index contributed by atoms with van der Waals surface area (Å²) in [6.07, 6.45) is 3.57. The van der Waals surface area contributed by atoms with Crippen LogP contribution < -0.4 is 11.0 Å². The lowest BCUT2D eigenvalue weighted by Gasteiger charge is -2.02. The van der Waals surface area contributed by atoms with Crippen molar-refractivity contribution in [1.29, 1.82) is 0 Å². The second kappa shape index (κ2) is 5.13. The van der Waals surface area contributed by atoms with Crippen molar-refractivity contribution in [1.82, 2.24) is 18.7 Å². The molecule has 0 aliphatic rings. The van der Waals surface area contributed by atoms with E-state index in [9.17, 15) is 4.79 Å². The van der Waals surface area contributed by atoms with Gasteiger partial charge >= 0.3 is 5.69 Å². The van der Waals surface area contributed by atoms with Crippen LogP contribution in [-0.4, -0.2) is 25.3 Å². The fraction of sp³-hybridized carbons (Fsp3) is 0.500. The Morgan fingerprint density at radius 3 is 2.76 bits per heavy atom. The van der Waals surface area contributed by atoms with E-state index in [0.717, 1.165) is 17.2 Å². The molecule has 2 aromatic heterocycles. The summed E-state index contributed by atoms with van der Waals surface area (Å²) in [6.45, 7) is 5.93. The first-order valence-electron chi connectivity index (χ1n) is 5.57. The van der Waals surface area contributed by atoms with E-state index in [4.69, 9.17) is 0 Å². The highest BCUT2D eigenvalue weighted by Gasteiger charge is 2.09. The van der Waals surface area contributed by atoms with Crippen LogP contribution in [0.1, 0.15) is 19.5 Å². The molecule has 0 amide bonds. The van der Waals surface area contributed by atoms with Crippen LogP contribution in [0.25, 0.3) is 0 Å². The van der Waals surface area contributed by atoms with Gasteiger partial charge in [-0.2, -0.15) is 0 Å². The van der Waals surface area contributed by atoms with Crippen molar-refractivity contribution >= 4 is 16.5 Å². The third-order valence-electron chi connectivity index (χ3n) is 2.47. The van der Waals surface area contributed by atoms with Crippen molar-refractivity contribution in [2.75, 3.05) is 11.9 Å². The Morgan fingerprint density at radius 1 is 1.35 bits per heavy atom. The van der Waals surface area contributed by atoms with E-state index in [1.165, 1.54) is 11.5 Å². The topological polar surface area (TPSA) is 64.7 Å². The molecule has 0 spiro atoms. The monoisotopic (exact) mass is 253 g/mol. The number of hydrogen-bond donors (Lipinski definition) is 1. The van der Waals surface area contributed by atoms with Crippen LogP contribution in [0.4, 0.5) is 5.00 Å². The zero-order valence-corrected chi connectivity index (χ0v) is 10.7. The number of nitrogens with one attached hydrogen (secondary N) is 1. The highest BCUT2D eigenvalue weighted by Crippen LogP contribution is 2.17.